The van der Waals surface area contributed by atoms with Gasteiger partial charge in [-0.1, -0.05) is 61.8 Å². The fourth-order valence-electron chi connectivity index (χ4n) is 4.17. The largest absolute Gasteiger partial charge is 0.457 e. The molecule has 0 aromatic heterocycles. The number of hydrogen-bond acceptors (Lipinski definition) is 5. The summed E-state index contributed by atoms with van der Waals surface area (Å²) in [7, 11) is 0. The number of rotatable bonds is 8. The van der Waals surface area contributed by atoms with Crippen LogP contribution in [0.2, 0.25) is 0 Å². The standard InChI is InChI=1S/C32H26ClN3O4/c1-20(2)21-11-15-25(16-12-21)36-31(38)28(33)29(32(36)39)34-24-8-6-7-22(19-24)30(37)35-23-13-17-27(18-14-23)40-26-9-4-3-5-10-26/h3-20,34H,1-2H3,(H,35,37). The summed E-state index contributed by atoms with van der Waals surface area (Å²) < 4.78 is 5.79. The maximum Gasteiger partial charge on any atom is 0.283 e. The number of hydrogen-bond donors (Lipinski definition) is 2. The van der Waals surface area contributed by atoms with Crippen molar-refractivity contribution < 1.29 is 19.1 Å². The lowest BCUT2D eigenvalue weighted by Crippen LogP contribution is -2.32. The summed E-state index contributed by atoms with van der Waals surface area (Å²) in [5.41, 5.74) is 2.85. The van der Waals surface area contributed by atoms with Crippen LogP contribution < -0.4 is 20.3 Å². The van der Waals surface area contributed by atoms with Crippen molar-refractivity contribution in [3.05, 3.63) is 125 Å². The SMILES string of the molecule is CC(C)c1ccc(N2C(=O)C(Cl)=C(Nc3cccc(C(=O)Nc4ccc(Oc5ccccc5)cc4)c3)C2=O)cc1. The molecule has 4 aromatic carbocycles. The van der Waals surface area contributed by atoms with Gasteiger partial charge >= 0.3 is 0 Å². The first-order chi connectivity index (χ1) is 19.3. The van der Waals surface area contributed by atoms with E-state index in [2.05, 4.69) is 24.5 Å². The molecule has 200 valence electrons. The number of imide groups is 1. The third-order valence-corrected chi connectivity index (χ3v) is 6.68. The molecule has 1 heterocycles. The number of nitrogens with one attached hydrogen (secondary N) is 2. The lowest BCUT2D eigenvalue weighted by atomic mass is 10.0. The Morgan fingerprint density at radius 3 is 2.12 bits per heavy atom. The maximum atomic E-state index is 13.2. The predicted octanol–water partition coefficient (Wildman–Crippen LogP) is 7.29. The summed E-state index contributed by atoms with van der Waals surface area (Å²) in [5, 5.41) is 5.56. The number of carbonyl (C=O) groups excluding carboxylic acids is 3. The van der Waals surface area contributed by atoms with Crippen LogP contribution >= 0.6 is 11.6 Å². The lowest BCUT2D eigenvalue weighted by molar-refractivity contribution is -0.120. The molecule has 0 spiro atoms. The molecule has 5 rings (SSSR count). The molecule has 0 saturated carbocycles. The summed E-state index contributed by atoms with van der Waals surface area (Å²) in [6.07, 6.45) is 0. The Kier molecular flexibility index (Phi) is 7.66. The van der Waals surface area contributed by atoms with E-state index >= 15 is 0 Å². The second-order valence-electron chi connectivity index (χ2n) is 9.48. The number of benzene rings is 4. The summed E-state index contributed by atoms with van der Waals surface area (Å²) in [6.45, 7) is 4.13. The molecule has 3 amide bonds. The van der Waals surface area contributed by atoms with E-state index in [1.807, 2.05) is 42.5 Å². The Hall–Kier alpha value is -4.88. The zero-order valence-corrected chi connectivity index (χ0v) is 22.6. The van der Waals surface area contributed by atoms with E-state index in [0.717, 1.165) is 10.5 Å². The number of carbonyl (C=O) groups is 3. The first-order valence-electron chi connectivity index (χ1n) is 12.7. The van der Waals surface area contributed by atoms with Gasteiger partial charge in [0.15, 0.2) is 0 Å². The van der Waals surface area contributed by atoms with E-state index in [1.54, 1.807) is 60.7 Å². The Balaban J connectivity index is 1.26. The molecule has 1 aliphatic heterocycles. The van der Waals surface area contributed by atoms with Gasteiger partial charge in [-0.05, 0) is 78.2 Å². The molecular weight excluding hydrogens is 526 g/mol. The van der Waals surface area contributed by atoms with Gasteiger partial charge in [0.05, 0.1) is 5.69 Å². The minimum atomic E-state index is -0.611. The molecule has 4 aromatic rings. The van der Waals surface area contributed by atoms with Crippen LogP contribution in [0.5, 0.6) is 11.5 Å². The first kappa shape index (κ1) is 26.7. The first-order valence-corrected chi connectivity index (χ1v) is 13.1. The molecule has 2 N–H and O–H groups in total. The fourth-order valence-corrected chi connectivity index (χ4v) is 4.38. The predicted molar refractivity (Wildman–Crippen MR) is 157 cm³/mol. The van der Waals surface area contributed by atoms with Crippen molar-refractivity contribution >= 4 is 46.4 Å². The smallest absolute Gasteiger partial charge is 0.283 e. The zero-order valence-electron chi connectivity index (χ0n) is 21.9. The van der Waals surface area contributed by atoms with Crippen molar-refractivity contribution in [2.45, 2.75) is 19.8 Å². The molecule has 8 heteroatoms. The highest BCUT2D eigenvalue weighted by Crippen LogP contribution is 2.31. The molecule has 40 heavy (non-hydrogen) atoms. The highest BCUT2D eigenvalue weighted by molar-refractivity contribution is 6.53. The molecule has 0 fully saturated rings. The van der Waals surface area contributed by atoms with Crippen molar-refractivity contribution in [3.8, 4) is 11.5 Å². The Labute approximate surface area is 237 Å². The van der Waals surface area contributed by atoms with Crippen molar-refractivity contribution in [1.82, 2.24) is 0 Å². The number of nitrogens with zero attached hydrogens (tertiary/aromatic N) is 1. The molecule has 0 saturated heterocycles. The monoisotopic (exact) mass is 551 g/mol. The van der Waals surface area contributed by atoms with Crippen LogP contribution in [0, 0.1) is 0 Å². The minimum absolute atomic E-state index is 0.0498. The number of anilines is 3. The average molecular weight is 552 g/mol. The number of amides is 3. The molecule has 0 aliphatic carbocycles. The van der Waals surface area contributed by atoms with Gasteiger partial charge in [0, 0.05) is 16.9 Å². The van der Waals surface area contributed by atoms with E-state index in [9.17, 15) is 14.4 Å². The average Bonchev–Trinajstić information content (AvgIpc) is 3.17. The highest BCUT2D eigenvalue weighted by Gasteiger charge is 2.39. The van der Waals surface area contributed by atoms with Crippen molar-refractivity contribution in [2.75, 3.05) is 15.5 Å². The molecule has 1 aliphatic rings. The summed E-state index contributed by atoms with van der Waals surface area (Å²) in [6, 6.07) is 30.2. The van der Waals surface area contributed by atoms with Gasteiger partial charge in [-0.15, -0.1) is 0 Å². The van der Waals surface area contributed by atoms with E-state index in [4.69, 9.17) is 16.3 Å². The summed E-state index contributed by atoms with van der Waals surface area (Å²) >= 11 is 6.29. The maximum absolute atomic E-state index is 13.2. The Morgan fingerprint density at radius 2 is 1.45 bits per heavy atom. The van der Waals surface area contributed by atoms with Crippen LogP contribution in [-0.4, -0.2) is 17.7 Å². The molecule has 0 bridgehead atoms. The third kappa shape index (κ3) is 5.75. The number of para-hydroxylation sites is 1. The van der Waals surface area contributed by atoms with Gasteiger partial charge in [0.1, 0.15) is 22.2 Å². The third-order valence-electron chi connectivity index (χ3n) is 6.33. The number of halogens is 1. The van der Waals surface area contributed by atoms with Crippen LogP contribution in [-0.2, 0) is 9.59 Å². The van der Waals surface area contributed by atoms with E-state index in [0.29, 0.717) is 40.0 Å². The minimum Gasteiger partial charge on any atom is -0.457 e. The quantitative estimate of drug-likeness (QED) is 0.224. The zero-order chi connectivity index (χ0) is 28.2. The van der Waals surface area contributed by atoms with Gasteiger partial charge in [-0.25, -0.2) is 4.90 Å². The topological polar surface area (TPSA) is 87.7 Å². The summed E-state index contributed by atoms with van der Waals surface area (Å²) in [5.74, 6) is 0.145. The van der Waals surface area contributed by atoms with Gasteiger partial charge in [-0.2, -0.15) is 0 Å². The van der Waals surface area contributed by atoms with Gasteiger partial charge in [-0.3, -0.25) is 14.4 Å². The molecule has 0 atom stereocenters. The molecule has 0 radical (unpaired) electrons. The fraction of sp³-hybridized carbons (Fsp3) is 0.0938. The van der Waals surface area contributed by atoms with E-state index < -0.39 is 11.8 Å². The second-order valence-corrected chi connectivity index (χ2v) is 9.86. The highest BCUT2D eigenvalue weighted by atomic mass is 35.5. The normalized spacial score (nSPS) is 13.2. The molecule has 7 nitrogen and oxygen atoms in total. The van der Waals surface area contributed by atoms with Gasteiger partial charge < -0.3 is 15.4 Å². The molecular formula is C32H26ClN3O4. The van der Waals surface area contributed by atoms with Crippen molar-refractivity contribution in [1.29, 1.82) is 0 Å². The Bertz CT molecular complexity index is 1600. The van der Waals surface area contributed by atoms with Gasteiger partial charge in [0.2, 0.25) is 0 Å². The van der Waals surface area contributed by atoms with Crippen molar-refractivity contribution in [3.63, 3.8) is 0 Å². The van der Waals surface area contributed by atoms with E-state index in [1.165, 1.54) is 0 Å². The summed E-state index contributed by atoms with van der Waals surface area (Å²) in [4.78, 5) is 40.0. The van der Waals surface area contributed by atoms with E-state index in [-0.39, 0.29) is 16.6 Å². The van der Waals surface area contributed by atoms with Crippen LogP contribution in [0.3, 0.4) is 0 Å². The Morgan fingerprint density at radius 1 is 0.775 bits per heavy atom. The van der Waals surface area contributed by atoms with Gasteiger partial charge in [0.25, 0.3) is 17.7 Å². The molecule has 0 unspecified atom stereocenters. The van der Waals surface area contributed by atoms with Crippen molar-refractivity contribution in [2.24, 2.45) is 0 Å². The van der Waals surface area contributed by atoms with Crippen LogP contribution in [0.1, 0.15) is 35.7 Å². The second kappa shape index (κ2) is 11.5. The number of ether oxygens (including phenoxy) is 1. The van der Waals surface area contributed by atoms with Crippen LogP contribution in [0.25, 0.3) is 0 Å². The van der Waals surface area contributed by atoms with Crippen LogP contribution in [0.4, 0.5) is 17.1 Å². The van der Waals surface area contributed by atoms with Crippen LogP contribution in [0.15, 0.2) is 114 Å². The lowest BCUT2D eigenvalue weighted by Gasteiger charge is -2.16.